The predicted molar refractivity (Wildman–Crippen MR) is 78.7 cm³/mol. The number of piperidine rings is 1. The summed E-state index contributed by atoms with van der Waals surface area (Å²) in [5, 5.41) is 4.23. The lowest BCUT2D eigenvalue weighted by Crippen LogP contribution is -2.40. The van der Waals surface area contributed by atoms with Crippen molar-refractivity contribution in [2.24, 2.45) is 0 Å². The first kappa shape index (κ1) is 14.9. The van der Waals surface area contributed by atoms with Crippen LogP contribution in [-0.2, 0) is 0 Å². The lowest BCUT2D eigenvalue weighted by Gasteiger charge is -2.31. The van der Waals surface area contributed by atoms with E-state index in [0.29, 0.717) is 30.6 Å². The van der Waals surface area contributed by atoms with Crippen molar-refractivity contribution in [3.8, 4) is 0 Å². The number of nitrogens with zero attached hydrogens (tertiary/aromatic N) is 5. The Balaban J connectivity index is 1.79. The fourth-order valence-electron chi connectivity index (χ4n) is 2.61. The van der Waals surface area contributed by atoms with Crippen LogP contribution in [0.3, 0.4) is 0 Å². The summed E-state index contributed by atoms with van der Waals surface area (Å²) in [6.07, 6.45) is 3.27. The largest absolute Gasteiger partial charge is 0.340 e. The number of likely N-dealkylation sites (tertiary alicyclic amines) is 1. The zero-order valence-electron chi connectivity index (χ0n) is 12.4. The topological polar surface area (TPSA) is 85.0 Å². The highest BCUT2D eigenvalue weighted by Gasteiger charge is 2.29. The van der Waals surface area contributed by atoms with Gasteiger partial charge in [-0.15, -0.1) is 0 Å². The molecule has 3 heterocycles. The Labute approximate surface area is 132 Å². The highest BCUT2D eigenvalue weighted by atomic mass is 35.5. The number of aromatic nitrogens is 4. The van der Waals surface area contributed by atoms with Crippen LogP contribution in [-0.4, -0.2) is 44.0 Å². The van der Waals surface area contributed by atoms with E-state index in [1.807, 2.05) is 0 Å². The molecule has 1 amide bonds. The van der Waals surface area contributed by atoms with E-state index in [1.165, 1.54) is 6.20 Å². The van der Waals surface area contributed by atoms with E-state index < -0.39 is 0 Å². The van der Waals surface area contributed by atoms with Crippen LogP contribution < -0.4 is 0 Å². The molecule has 8 heteroatoms. The summed E-state index contributed by atoms with van der Waals surface area (Å²) in [6, 6.07) is 0. The molecule has 0 N–H and O–H groups in total. The Kier molecular flexibility index (Phi) is 4.06. The van der Waals surface area contributed by atoms with E-state index in [2.05, 4.69) is 20.1 Å². The number of carbonyl (C=O) groups is 1. The summed E-state index contributed by atoms with van der Waals surface area (Å²) in [5.41, 5.74) is 0.249. The van der Waals surface area contributed by atoms with Crippen molar-refractivity contribution in [3.05, 3.63) is 34.5 Å². The van der Waals surface area contributed by atoms with Crippen LogP contribution in [0.2, 0.25) is 5.02 Å². The minimum absolute atomic E-state index is 0.0804. The molecule has 1 fully saturated rings. The van der Waals surface area contributed by atoms with Gasteiger partial charge in [0.25, 0.3) is 5.91 Å². The number of carbonyl (C=O) groups excluding carboxylic acids is 1. The minimum atomic E-state index is -0.180. The molecule has 116 valence electrons. The third-order valence-electron chi connectivity index (χ3n) is 3.68. The van der Waals surface area contributed by atoms with Crippen molar-refractivity contribution in [2.75, 3.05) is 13.1 Å². The molecule has 1 atom stereocenters. The molecular formula is C14H16ClN5O2. The SMILES string of the molecule is Cc1ncc(Cl)c(C(=O)N2CCC[C@H](c3noc(C)n3)C2)n1. The van der Waals surface area contributed by atoms with Gasteiger partial charge < -0.3 is 9.42 Å². The van der Waals surface area contributed by atoms with E-state index in [4.69, 9.17) is 16.1 Å². The van der Waals surface area contributed by atoms with Gasteiger partial charge in [-0.25, -0.2) is 9.97 Å². The van der Waals surface area contributed by atoms with Gasteiger partial charge in [0.15, 0.2) is 11.5 Å². The summed E-state index contributed by atoms with van der Waals surface area (Å²) in [7, 11) is 0. The van der Waals surface area contributed by atoms with E-state index >= 15 is 0 Å². The molecule has 1 saturated heterocycles. The molecule has 0 radical (unpaired) electrons. The maximum atomic E-state index is 12.6. The van der Waals surface area contributed by atoms with Crippen LogP contribution in [0.1, 0.15) is 46.8 Å². The van der Waals surface area contributed by atoms with Crippen LogP contribution in [0, 0.1) is 13.8 Å². The molecule has 3 rings (SSSR count). The Hall–Kier alpha value is -2.02. The van der Waals surface area contributed by atoms with Gasteiger partial charge in [-0.3, -0.25) is 4.79 Å². The summed E-state index contributed by atoms with van der Waals surface area (Å²) >= 11 is 6.05. The molecule has 1 aliphatic heterocycles. The van der Waals surface area contributed by atoms with Crippen molar-refractivity contribution >= 4 is 17.5 Å². The van der Waals surface area contributed by atoms with Crippen molar-refractivity contribution < 1.29 is 9.32 Å². The van der Waals surface area contributed by atoms with Gasteiger partial charge in [-0.05, 0) is 19.8 Å². The maximum Gasteiger partial charge on any atom is 0.274 e. The number of amides is 1. The van der Waals surface area contributed by atoms with Crippen molar-refractivity contribution in [1.82, 2.24) is 25.0 Å². The molecule has 0 bridgehead atoms. The Morgan fingerprint density at radius 1 is 1.41 bits per heavy atom. The first-order valence-corrected chi connectivity index (χ1v) is 7.51. The van der Waals surface area contributed by atoms with Gasteiger partial charge in [-0.1, -0.05) is 16.8 Å². The first-order chi connectivity index (χ1) is 10.5. The molecular weight excluding hydrogens is 306 g/mol. The smallest absolute Gasteiger partial charge is 0.274 e. The summed E-state index contributed by atoms with van der Waals surface area (Å²) in [4.78, 5) is 26.8. The van der Waals surface area contributed by atoms with Crippen LogP contribution >= 0.6 is 11.6 Å². The zero-order valence-corrected chi connectivity index (χ0v) is 13.2. The fraction of sp³-hybridized carbons (Fsp3) is 0.500. The second-order valence-electron chi connectivity index (χ2n) is 5.38. The third kappa shape index (κ3) is 2.94. The standard InChI is InChI=1S/C14H16ClN5O2/c1-8-16-6-11(15)12(17-8)14(21)20-5-3-4-10(7-20)13-18-9(2)22-19-13/h6,10H,3-5,7H2,1-2H3/t10-/m0/s1. The van der Waals surface area contributed by atoms with Crippen LogP contribution in [0.25, 0.3) is 0 Å². The van der Waals surface area contributed by atoms with Gasteiger partial charge in [0, 0.05) is 25.9 Å². The van der Waals surface area contributed by atoms with E-state index in [0.717, 1.165) is 12.8 Å². The molecule has 22 heavy (non-hydrogen) atoms. The second kappa shape index (κ2) is 6.00. The molecule has 1 aliphatic rings. The van der Waals surface area contributed by atoms with Gasteiger partial charge in [0.05, 0.1) is 11.2 Å². The Morgan fingerprint density at radius 3 is 2.95 bits per heavy atom. The van der Waals surface area contributed by atoms with E-state index in [9.17, 15) is 4.79 Å². The maximum absolute atomic E-state index is 12.6. The number of hydrogen-bond donors (Lipinski definition) is 0. The Morgan fingerprint density at radius 2 is 2.23 bits per heavy atom. The van der Waals surface area contributed by atoms with Crippen molar-refractivity contribution in [2.45, 2.75) is 32.6 Å². The quantitative estimate of drug-likeness (QED) is 0.842. The summed E-state index contributed by atoms with van der Waals surface area (Å²) in [5.74, 6) is 1.61. The van der Waals surface area contributed by atoms with Crippen LogP contribution in [0.4, 0.5) is 0 Å². The van der Waals surface area contributed by atoms with E-state index in [1.54, 1.807) is 18.7 Å². The summed E-state index contributed by atoms with van der Waals surface area (Å²) in [6.45, 7) is 4.70. The van der Waals surface area contributed by atoms with Gasteiger partial charge >= 0.3 is 0 Å². The lowest BCUT2D eigenvalue weighted by molar-refractivity contribution is 0.0697. The number of halogens is 1. The average Bonchev–Trinajstić information content (AvgIpc) is 2.96. The third-order valence-corrected chi connectivity index (χ3v) is 3.96. The van der Waals surface area contributed by atoms with Crippen molar-refractivity contribution in [1.29, 1.82) is 0 Å². The molecule has 0 aliphatic carbocycles. The predicted octanol–water partition coefficient (Wildman–Crippen LogP) is 2.15. The van der Waals surface area contributed by atoms with Crippen molar-refractivity contribution in [3.63, 3.8) is 0 Å². The number of hydrogen-bond acceptors (Lipinski definition) is 6. The number of rotatable bonds is 2. The number of aryl methyl sites for hydroxylation is 2. The highest BCUT2D eigenvalue weighted by molar-refractivity contribution is 6.33. The summed E-state index contributed by atoms with van der Waals surface area (Å²) < 4.78 is 5.03. The molecule has 0 aromatic carbocycles. The van der Waals surface area contributed by atoms with Crippen LogP contribution in [0.5, 0.6) is 0 Å². The minimum Gasteiger partial charge on any atom is -0.340 e. The zero-order chi connectivity index (χ0) is 15.7. The lowest BCUT2D eigenvalue weighted by atomic mass is 9.97. The van der Waals surface area contributed by atoms with Gasteiger partial charge in [0.1, 0.15) is 5.82 Å². The molecule has 0 saturated carbocycles. The Bertz CT molecular complexity index is 702. The molecule has 2 aromatic heterocycles. The molecule has 7 nitrogen and oxygen atoms in total. The first-order valence-electron chi connectivity index (χ1n) is 7.13. The van der Waals surface area contributed by atoms with Gasteiger partial charge in [-0.2, -0.15) is 4.98 Å². The highest BCUT2D eigenvalue weighted by Crippen LogP contribution is 2.26. The second-order valence-corrected chi connectivity index (χ2v) is 5.78. The molecule has 0 spiro atoms. The molecule has 0 unspecified atom stereocenters. The van der Waals surface area contributed by atoms with Crippen LogP contribution in [0.15, 0.2) is 10.7 Å². The van der Waals surface area contributed by atoms with Gasteiger partial charge in [0.2, 0.25) is 5.89 Å². The fourth-order valence-corrected chi connectivity index (χ4v) is 2.78. The van der Waals surface area contributed by atoms with E-state index in [-0.39, 0.29) is 22.5 Å². The molecule has 2 aromatic rings. The monoisotopic (exact) mass is 321 g/mol. The normalized spacial score (nSPS) is 18.5. The average molecular weight is 322 g/mol.